The van der Waals surface area contributed by atoms with Gasteiger partial charge in [-0.05, 0) is 52.0 Å². The lowest BCUT2D eigenvalue weighted by atomic mass is 9.68. The smallest absolute Gasteiger partial charge is 0.261 e. The topological polar surface area (TPSA) is 62.5 Å². The lowest BCUT2D eigenvalue weighted by molar-refractivity contribution is -0.0595. The number of para-hydroxylation sites is 2. The Morgan fingerprint density at radius 3 is 1.94 bits per heavy atom. The molecule has 6 rings (SSSR count). The first-order valence-electron chi connectivity index (χ1n) is 12.4. The molecule has 0 saturated heterocycles. The van der Waals surface area contributed by atoms with Crippen molar-refractivity contribution in [1.82, 2.24) is 9.13 Å². The van der Waals surface area contributed by atoms with Crippen LogP contribution in [0.15, 0.2) is 69.8 Å². The van der Waals surface area contributed by atoms with Gasteiger partial charge in [0.15, 0.2) is 0 Å². The van der Waals surface area contributed by atoms with Gasteiger partial charge in [-0.15, -0.1) is 0 Å². The monoisotopic (exact) mass is 482 g/mol. The molecule has 0 amide bonds. The van der Waals surface area contributed by atoms with Crippen molar-refractivity contribution in [2.24, 2.45) is 20.0 Å². The zero-order valence-electron chi connectivity index (χ0n) is 21.5. The summed E-state index contributed by atoms with van der Waals surface area (Å²) in [5.74, 6) is 0.574. The molecule has 0 fully saturated rings. The Balaban J connectivity index is 1.75. The van der Waals surface area contributed by atoms with E-state index in [9.17, 15) is 9.59 Å². The van der Waals surface area contributed by atoms with Gasteiger partial charge in [0, 0.05) is 30.8 Å². The van der Waals surface area contributed by atoms with Crippen LogP contribution in [0.1, 0.15) is 50.8 Å². The number of rotatable bonds is 1. The predicted molar refractivity (Wildman–Crippen MR) is 142 cm³/mol. The highest BCUT2D eigenvalue weighted by atomic mass is 16.5. The molecule has 2 aromatic heterocycles. The zero-order valence-corrected chi connectivity index (χ0v) is 21.5. The van der Waals surface area contributed by atoms with Crippen molar-refractivity contribution in [1.29, 1.82) is 0 Å². The maximum absolute atomic E-state index is 13.8. The van der Waals surface area contributed by atoms with Crippen molar-refractivity contribution >= 4 is 21.8 Å². The quantitative estimate of drug-likeness (QED) is 0.343. The van der Waals surface area contributed by atoms with E-state index >= 15 is 0 Å². The zero-order chi connectivity index (χ0) is 25.5. The van der Waals surface area contributed by atoms with Crippen LogP contribution in [0.5, 0.6) is 11.5 Å². The molecule has 0 saturated carbocycles. The van der Waals surface area contributed by atoms with E-state index in [1.165, 1.54) is 0 Å². The fraction of sp³-hybridized carbons (Fsp3) is 0.333. The molecule has 2 aliphatic heterocycles. The highest BCUT2D eigenvalue weighted by Crippen LogP contribution is 2.57. The van der Waals surface area contributed by atoms with Gasteiger partial charge in [-0.2, -0.15) is 0 Å². The minimum absolute atomic E-state index is 0.0855. The first-order valence-corrected chi connectivity index (χ1v) is 12.4. The van der Waals surface area contributed by atoms with Crippen LogP contribution in [0.25, 0.3) is 21.8 Å². The second-order valence-electron chi connectivity index (χ2n) is 10.8. The lowest BCUT2D eigenvalue weighted by Crippen LogP contribution is -2.53. The van der Waals surface area contributed by atoms with Crippen LogP contribution in [0.2, 0.25) is 0 Å². The summed E-state index contributed by atoms with van der Waals surface area (Å²) in [7, 11) is 3.59. The largest absolute Gasteiger partial charge is 0.486 e. The molecule has 0 spiro atoms. The number of pyridine rings is 2. The summed E-state index contributed by atoms with van der Waals surface area (Å²) in [6.07, 6.45) is 1.56. The molecule has 6 nitrogen and oxygen atoms in total. The number of ether oxygens (including phenoxy) is 2. The molecule has 4 aromatic rings. The van der Waals surface area contributed by atoms with E-state index in [4.69, 9.17) is 9.47 Å². The van der Waals surface area contributed by atoms with Gasteiger partial charge >= 0.3 is 0 Å². The van der Waals surface area contributed by atoms with Crippen molar-refractivity contribution in [2.45, 2.75) is 45.3 Å². The molecular formula is C30H30N2O4. The van der Waals surface area contributed by atoms with E-state index in [0.29, 0.717) is 22.6 Å². The van der Waals surface area contributed by atoms with Gasteiger partial charge in [0.05, 0.1) is 22.5 Å². The minimum Gasteiger partial charge on any atom is -0.486 e. The Morgan fingerprint density at radius 2 is 1.36 bits per heavy atom. The van der Waals surface area contributed by atoms with E-state index in [2.05, 4.69) is 6.08 Å². The summed E-state index contributed by atoms with van der Waals surface area (Å²) in [5.41, 5.74) is 2.91. The Bertz CT molecular complexity index is 1720. The van der Waals surface area contributed by atoms with E-state index in [1.807, 2.05) is 76.2 Å². The molecule has 36 heavy (non-hydrogen) atoms. The average Bonchev–Trinajstić information content (AvgIpc) is 2.84. The summed E-state index contributed by atoms with van der Waals surface area (Å²) < 4.78 is 16.9. The molecular weight excluding hydrogens is 452 g/mol. The molecule has 3 atom stereocenters. The van der Waals surface area contributed by atoms with Gasteiger partial charge < -0.3 is 18.6 Å². The third kappa shape index (κ3) is 2.96. The molecule has 2 aromatic carbocycles. The second kappa shape index (κ2) is 7.60. The SMILES string of the molecule is CC(C)=C[C@H]1c2c(c3ccccc3n(C)c2=O)O[C@H]2c3c(c4ccccc4n(C)c3=O)OC(C)(C)[C@H]12. The Hall–Kier alpha value is -3.80. The fourth-order valence-corrected chi connectivity index (χ4v) is 6.24. The van der Waals surface area contributed by atoms with Gasteiger partial charge in [0.2, 0.25) is 0 Å². The maximum atomic E-state index is 13.8. The maximum Gasteiger partial charge on any atom is 0.261 e. The summed E-state index contributed by atoms with van der Waals surface area (Å²) in [6, 6.07) is 15.6. The molecule has 184 valence electrons. The van der Waals surface area contributed by atoms with Gasteiger partial charge in [0.25, 0.3) is 11.1 Å². The molecule has 0 unspecified atom stereocenters. The summed E-state index contributed by atoms with van der Waals surface area (Å²) in [5, 5.41) is 1.74. The number of hydrogen-bond acceptors (Lipinski definition) is 4. The van der Waals surface area contributed by atoms with Crippen LogP contribution in [-0.2, 0) is 14.1 Å². The first-order chi connectivity index (χ1) is 17.1. The average molecular weight is 483 g/mol. The predicted octanol–water partition coefficient (Wildman–Crippen LogP) is 5.36. The standard InChI is InChI=1S/C30H30N2O4/c1-16(2)15-19-22-25(17-11-7-9-13-20(17)31(5)28(22)33)35-27-23-26(36-30(3,4)24(19)27)18-12-8-10-14-21(18)32(6)29(23)34/h7-15,19,24,27H,1-6H3/t19-,24+,27-/m0/s1. The van der Waals surface area contributed by atoms with Crippen LogP contribution < -0.4 is 20.6 Å². The highest BCUT2D eigenvalue weighted by Gasteiger charge is 2.54. The number of hydrogen-bond donors (Lipinski definition) is 0. The van der Waals surface area contributed by atoms with Crippen LogP contribution in [0.4, 0.5) is 0 Å². The molecule has 0 bridgehead atoms. The van der Waals surface area contributed by atoms with E-state index in [1.54, 1.807) is 23.2 Å². The van der Waals surface area contributed by atoms with E-state index in [0.717, 1.165) is 27.4 Å². The normalized spacial score (nSPS) is 21.7. The minimum atomic E-state index is -0.711. The number of allylic oxidation sites excluding steroid dienone is 2. The first kappa shape index (κ1) is 22.7. The van der Waals surface area contributed by atoms with Gasteiger partial charge in [-0.25, -0.2) is 0 Å². The van der Waals surface area contributed by atoms with Crippen molar-refractivity contribution < 1.29 is 9.47 Å². The third-order valence-corrected chi connectivity index (χ3v) is 7.84. The molecule has 4 heterocycles. The molecule has 6 heteroatoms. The van der Waals surface area contributed by atoms with E-state index < -0.39 is 11.7 Å². The summed E-state index contributed by atoms with van der Waals surface area (Å²) in [6.45, 7) is 8.14. The number of aromatic nitrogens is 2. The van der Waals surface area contributed by atoms with Crippen LogP contribution in [0, 0.1) is 5.92 Å². The van der Waals surface area contributed by atoms with Crippen LogP contribution in [0.3, 0.4) is 0 Å². The second-order valence-corrected chi connectivity index (χ2v) is 10.8. The fourth-order valence-electron chi connectivity index (χ4n) is 6.24. The Kier molecular flexibility index (Phi) is 4.78. The summed E-state index contributed by atoms with van der Waals surface area (Å²) >= 11 is 0. The molecule has 0 aliphatic carbocycles. The van der Waals surface area contributed by atoms with Gasteiger partial charge in [-0.3, -0.25) is 9.59 Å². The lowest BCUT2D eigenvalue weighted by Gasteiger charge is -2.50. The van der Waals surface area contributed by atoms with Gasteiger partial charge in [-0.1, -0.05) is 35.9 Å². The van der Waals surface area contributed by atoms with Crippen molar-refractivity contribution in [3.8, 4) is 11.5 Å². The van der Waals surface area contributed by atoms with E-state index in [-0.39, 0.29) is 23.0 Å². The van der Waals surface area contributed by atoms with Crippen LogP contribution in [-0.4, -0.2) is 14.7 Å². The molecule has 0 N–H and O–H groups in total. The molecule has 2 aliphatic rings. The van der Waals surface area contributed by atoms with Crippen molar-refractivity contribution in [3.05, 3.63) is 92.0 Å². The van der Waals surface area contributed by atoms with Crippen LogP contribution >= 0.6 is 0 Å². The Morgan fingerprint density at radius 1 is 0.833 bits per heavy atom. The van der Waals surface area contributed by atoms with Gasteiger partial charge in [0.1, 0.15) is 28.8 Å². The third-order valence-electron chi connectivity index (χ3n) is 7.84. The number of benzene rings is 2. The van der Waals surface area contributed by atoms with Crippen molar-refractivity contribution in [2.75, 3.05) is 0 Å². The number of fused-ring (bicyclic) bond motifs is 8. The number of aryl methyl sites for hydroxylation is 2. The summed E-state index contributed by atoms with van der Waals surface area (Å²) in [4.78, 5) is 27.6. The molecule has 0 radical (unpaired) electrons. The number of nitrogens with zero attached hydrogens (tertiary/aromatic N) is 2. The van der Waals surface area contributed by atoms with Crippen molar-refractivity contribution in [3.63, 3.8) is 0 Å². The Labute approximate surface area is 209 Å². The highest BCUT2D eigenvalue weighted by molar-refractivity contribution is 5.89.